The molecule has 0 fully saturated rings. The Labute approximate surface area is 93.8 Å². The molecule has 0 saturated heterocycles. The Morgan fingerprint density at radius 1 is 1.55 bits per heavy atom. The average molecular weight is 199 g/mol. The molecule has 1 unspecified atom stereocenters. The molecule has 0 amide bonds. The van der Waals surface area contributed by atoms with Crippen LogP contribution in [0.5, 0.6) is 0 Å². The van der Waals surface area contributed by atoms with Crippen molar-refractivity contribution in [1.29, 1.82) is 0 Å². The summed E-state index contributed by atoms with van der Waals surface area (Å²) in [6, 6.07) is 0. The van der Waals surface area contributed by atoms with Gasteiger partial charge in [-0.15, -0.1) is 11.3 Å². The second-order valence-electron chi connectivity index (χ2n) is 1.84. The summed E-state index contributed by atoms with van der Waals surface area (Å²) in [6.07, 6.45) is 0. The molecule has 0 aromatic carbocycles. The minimum absolute atomic E-state index is 0. The quantitative estimate of drug-likeness (QED) is 0.388. The van der Waals surface area contributed by atoms with Crippen molar-refractivity contribution < 1.29 is 38.3 Å². The van der Waals surface area contributed by atoms with E-state index in [2.05, 4.69) is 4.98 Å². The maximum Gasteiger partial charge on any atom is 1.00 e. The zero-order valence-electron chi connectivity index (χ0n) is 6.58. The normalized spacial score (nSPS) is 12.3. The molecule has 1 rings (SSSR count). The third-order valence-electron chi connectivity index (χ3n) is 1.01. The predicted octanol–water partition coefficient (Wildman–Crippen LogP) is -2.00. The van der Waals surface area contributed by atoms with Crippen LogP contribution in [-0.2, 0) is 11.1 Å². The fourth-order valence-electron chi connectivity index (χ4n) is 0.667. The van der Waals surface area contributed by atoms with Gasteiger partial charge < -0.3 is 4.55 Å². The molecule has 0 N–H and O–H groups in total. The Bertz CT molecular complexity index is 273. The first-order valence-corrected chi connectivity index (χ1v) is 4.53. The van der Waals surface area contributed by atoms with Crippen LogP contribution in [0.3, 0.4) is 0 Å². The summed E-state index contributed by atoms with van der Waals surface area (Å²) in [5.41, 5.74) is 0.593. The monoisotopic (exact) mass is 199 g/mol. The molecule has 0 saturated carbocycles. The summed E-state index contributed by atoms with van der Waals surface area (Å²) in [7, 11) is 0. The van der Waals surface area contributed by atoms with Crippen molar-refractivity contribution in [3.8, 4) is 0 Å². The van der Waals surface area contributed by atoms with E-state index in [1.54, 1.807) is 13.8 Å². The van der Waals surface area contributed by atoms with Gasteiger partial charge in [0, 0.05) is 0 Å². The molecule has 1 atom stereocenters. The molecule has 56 valence electrons. The van der Waals surface area contributed by atoms with Crippen molar-refractivity contribution in [2.45, 2.75) is 18.1 Å². The number of hydrogen-bond acceptors (Lipinski definition) is 4. The van der Waals surface area contributed by atoms with E-state index >= 15 is 0 Å². The van der Waals surface area contributed by atoms with Gasteiger partial charge in [0.05, 0.1) is 10.7 Å². The summed E-state index contributed by atoms with van der Waals surface area (Å²) in [4.78, 5) is 3.96. The van der Waals surface area contributed by atoms with Gasteiger partial charge in [0.25, 0.3) is 0 Å². The zero-order chi connectivity index (χ0) is 7.72. The van der Waals surface area contributed by atoms with Gasteiger partial charge in [-0.2, -0.15) is 0 Å². The Morgan fingerprint density at radius 3 is 2.27 bits per heavy atom. The van der Waals surface area contributed by atoms with E-state index in [1.807, 2.05) is 0 Å². The van der Waals surface area contributed by atoms with Gasteiger partial charge in [-0.3, -0.25) is 4.21 Å². The van der Waals surface area contributed by atoms with Crippen molar-refractivity contribution in [3.63, 3.8) is 0 Å². The molecule has 0 aliphatic rings. The van der Waals surface area contributed by atoms with Crippen molar-refractivity contribution in [2.24, 2.45) is 0 Å². The fourth-order valence-corrected chi connectivity index (χ4v) is 2.23. The van der Waals surface area contributed by atoms with Crippen LogP contribution in [0.1, 0.15) is 10.7 Å². The summed E-state index contributed by atoms with van der Waals surface area (Å²) in [5.74, 6) is 0. The van der Waals surface area contributed by atoms with E-state index < -0.39 is 11.1 Å². The molecule has 0 aliphatic heterocycles. The van der Waals surface area contributed by atoms with E-state index in [-0.39, 0.29) is 29.6 Å². The number of rotatable bonds is 1. The van der Waals surface area contributed by atoms with Crippen LogP contribution >= 0.6 is 11.3 Å². The van der Waals surface area contributed by atoms with E-state index in [0.29, 0.717) is 9.90 Å². The molecule has 0 spiro atoms. The summed E-state index contributed by atoms with van der Waals surface area (Å²) < 4.78 is 21.2. The van der Waals surface area contributed by atoms with E-state index in [0.717, 1.165) is 5.01 Å². The van der Waals surface area contributed by atoms with Gasteiger partial charge in [0.15, 0.2) is 0 Å². The number of hydrogen-bond donors (Lipinski definition) is 0. The maximum atomic E-state index is 10.4. The molecule has 6 heteroatoms. The first-order chi connectivity index (χ1) is 4.61. The smallest absolute Gasteiger partial charge is 0.768 e. The van der Waals surface area contributed by atoms with E-state index in [9.17, 15) is 8.76 Å². The van der Waals surface area contributed by atoms with Gasteiger partial charge in [-0.25, -0.2) is 4.98 Å². The predicted molar refractivity (Wildman–Crippen MR) is 38.8 cm³/mol. The maximum absolute atomic E-state index is 10.4. The average Bonchev–Trinajstić information content (AvgIpc) is 2.10. The van der Waals surface area contributed by atoms with Crippen LogP contribution in [0.15, 0.2) is 4.21 Å². The number of aryl methyl sites for hydroxylation is 2. The Balaban J connectivity index is 0.000001000. The molecule has 11 heavy (non-hydrogen) atoms. The molecule has 1 aromatic rings. The summed E-state index contributed by atoms with van der Waals surface area (Å²) in [6.45, 7) is 3.47. The molecule has 0 radical (unpaired) electrons. The van der Waals surface area contributed by atoms with E-state index in [4.69, 9.17) is 0 Å². The van der Waals surface area contributed by atoms with Crippen LogP contribution in [0.4, 0.5) is 0 Å². The van der Waals surface area contributed by atoms with Crippen LogP contribution in [-0.4, -0.2) is 13.7 Å². The number of thiazole rings is 1. The van der Waals surface area contributed by atoms with Crippen molar-refractivity contribution in [1.82, 2.24) is 4.98 Å². The molecule has 0 bridgehead atoms. The molecular formula is C5H6NNaO2S2. The summed E-state index contributed by atoms with van der Waals surface area (Å²) >= 11 is -0.915. The zero-order valence-corrected chi connectivity index (χ0v) is 10.2. The van der Waals surface area contributed by atoms with Gasteiger partial charge in [-0.05, 0) is 24.9 Å². The first kappa shape index (κ1) is 11.7. The van der Waals surface area contributed by atoms with Crippen LogP contribution < -0.4 is 29.6 Å². The van der Waals surface area contributed by atoms with E-state index in [1.165, 1.54) is 11.3 Å². The molecule has 0 aliphatic carbocycles. The minimum atomic E-state index is -2.11. The third-order valence-corrected chi connectivity index (χ3v) is 3.14. The largest absolute Gasteiger partial charge is 1.00 e. The second kappa shape index (κ2) is 4.69. The molecular weight excluding hydrogens is 193 g/mol. The van der Waals surface area contributed by atoms with Crippen LogP contribution in [0.25, 0.3) is 0 Å². The van der Waals surface area contributed by atoms with Crippen molar-refractivity contribution in [3.05, 3.63) is 10.7 Å². The van der Waals surface area contributed by atoms with Crippen LogP contribution in [0.2, 0.25) is 0 Å². The van der Waals surface area contributed by atoms with Crippen LogP contribution in [0, 0.1) is 13.8 Å². The Morgan fingerprint density at radius 2 is 2.09 bits per heavy atom. The van der Waals surface area contributed by atoms with Gasteiger partial charge in [0.2, 0.25) is 0 Å². The first-order valence-electron chi connectivity index (χ1n) is 2.64. The standard InChI is InChI=1S/C5H7NO2S2.Na/c1-3-5(10(7)8)9-4(2)6-3;/h1-2H3,(H,7,8);/q;+1/p-1. The number of aromatic nitrogens is 1. The SMILES string of the molecule is Cc1nc(C)c(S(=O)[O-])s1.[Na+]. The minimum Gasteiger partial charge on any atom is -0.768 e. The summed E-state index contributed by atoms with van der Waals surface area (Å²) in [5, 5.41) is 0.789. The van der Waals surface area contributed by atoms with Crippen molar-refractivity contribution >= 4 is 22.4 Å². The second-order valence-corrected chi connectivity index (χ2v) is 4.18. The third kappa shape index (κ3) is 2.93. The topological polar surface area (TPSA) is 53.0 Å². The molecule has 3 nitrogen and oxygen atoms in total. The van der Waals surface area contributed by atoms with Gasteiger partial charge in [0.1, 0.15) is 4.21 Å². The Kier molecular flexibility index (Phi) is 5.00. The van der Waals surface area contributed by atoms with Gasteiger partial charge in [-0.1, -0.05) is 0 Å². The van der Waals surface area contributed by atoms with Crippen molar-refractivity contribution in [2.75, 3.05) is 0 Å². The number of nitrogens with zero attached hydrogens (tertiary/aromatic N) is 1. The molecule has 1 heterocycles. The fraction of sp³-hybridized carbons (Fsp3) is 0.400. The molecule has 1 aromatic heterocycles. The van der Waals surface area contributed by atoms with Gasteiger partial charge >= 0.3 is 29.6 Å². The Hall–Kier alpha value is 0.740.